The highest BCUT2D eigenvalue weighted by molar-refractivity contribution is 5.78. The van der Waals surface area contributed by atoms with Crippen LogP contribution < -0.4 is 5.32 Å². The van der Waals surface area contributed by atoms with Crippen LogP contribution in [0.15, 0.2) is 16.5 Å². The van der Waals surface area contributed by atoms with Gasteiger partial charge in [-0.2, -0.15) is 13.2 Å². The highest BCUT2D eigenvalue weighted by Crippen LogP contribution is 2.36. The van der Waals surface area contributed by atoms with Gasteiger partial charge in [0.15, 0.2) is 11.5 Å². The Morgan fingerprint density at radius 1 is 1.29 bits per heavy atom. The van der Waals surface area contributed by atoms with Gasteiger partial charge in [-0.15, -0.1) is 0 Å². The summed E-state index contributed by atoms with van der Waals surface area (Å²) in [6.45, 7) is 4.46. The molecule has 132 valence electrons. The van der Waals surface area contributed by atoms with E-state index in [1.165, 1.54) is 18.9 Å². The first-order chi connectivity index (χ1) is 11.4. The van der Waals surface area contributed by atoms with Gasteiger partial charge in [0.2, 0.25) is 0 Å². The molecule has 1 aliphatic carbocycles. The Labute approximate surface area is 139 Å². The summed E-state index contributed by atoms with van der Waals surface area (Å²) < 4.78 is 45.3. The van der Waals surface area contributed by atoms with Crippen LogP contribution in [-0.4, -0.2) is 11.0 Å². The summed E-state index contributed by atoms with van der Waals surface area (Å²) >= 11 is 0. The molecule has 6 heteroatoms. The number of nitrogens with one attached hydrogen (secondary N) is 1. The Morgan fingerprint density at radius 2 is 2.08 bits per heavy atom. The van der Waals surface area contributed by atoms with Gasteiger partial charge in [-0.25, -0.2) is 4.98 Å². The molecule has 1 N–H and O–H groups in total. The summed E-state index contributed by atoms with van der Waals surface area (Å²) in [5, 5.41) is 3.41. The summed E-state index contributed by atoms with van der Waals surface area (Å²) in [7, 11) is 0. The summed E-state index contributed by atoms with van der Waals surface area (Å²) in [4.78, 5) is 4.18. The fourth-order valence-electron chi connectivity index (χ4n) is 3.48. The van der Waals surface area contributed by atoms with E-state index in [2.05, 4.69) is 17.2 Å². The third kappa shape index (κ3) is 3.74. The molecule has 2 aromatic rings. The zero-order valence-corrected chi connectivity index (χ0v) is 14.0. The topological polar surface area (TPSA) is 38.1 Å². The molecule has 1 saturated carbocycles. The van der Waals surface area contributed by atoms with Crippen LogP contribution in [0.25, 0.3) is 11.1 Å². The largest absolute Gasteiger partial charge is 0.440 e. The molecule has 0 saturated heterocycles. The lowest BCUT2D eigenvalue weighted by atomic mass is 9.87. The molecule has 24 heavy (non-hydrogen) atoms. The minimum absolute atomic E-state index is 0.158. The number of oxazole rings is 1. The van der Waals surface area contributed by atoms with Crippen molar-refractivity contribution in [2.75, 3.05) is 0 Å². The Kier molecular flexibility index (Phi) is 4.85. The average molecular weight is 340 g/mol. The number of benzene rings is 1. The molecule has 1 aromatic carbocycles. The van der Waals surface area contributed by atoms with Crippen LogP contribution in [0.2, 0.25) is 0 Å². The highest BCUT2D eigenvalue weighted by atomic mass is 19.4. The molecule has 1 heterocycles. The summed E-state index contributed by atoms with van der Waals surface area (Å²) in [6, 6.07) is 3.26. The molecule has 0 aliphatic heterocycles. The lowest BCUT2D eigenvalue weighted by Gasteiger charge is -2.27. The minimum atomic E-state index is -4.45. The normalized spacial score (nSPS) is 22.2. The fraction of sp³-hybridized carbons (Fsp3) is 0.611. The van der Waals surface area contributed by atoms with Gasteiger partial charge in [0.25, 0.3) is 0 Å². The van der Waals surface area contributed by atoms with Crippen molar-refractivity contribution >= 4 is 11.1 Å². The maximum absolute atomic E-state index is 13.3. The van der Waals surface area contributed by atoms with E-state index < -0.39 is 11.7 Å². The van der Waals surface area contributed by atoms with Crippen LogP contribution in [-0.2, 0) is 19.1 Å². The summed E-state index contributed by atoms with van der Waals surface area (Å²) in [5.74, 6) is 1.01. The number of aryl methyl sites for hydroxylation is 1. The van der Waals surface area contributed by atoms with E-state index in [1.807, 2.05) is 6.92 Å². The van der Waals surface area contributed by atoms with Gasteiger partial charge in [-0.3, -0.25) is 0 Å². The second-order valence-corrected chi connectivity index (χ2v) is 6.80. The van der Waals surface area contributed by atoms with Crippen molar-refractivity contribution < 1.29 is 17.6 Å². The van der Waals surface area contributed by atoms with Crippen LogP contribution in [0, 0.1) is 5.92 Å². The standard InChI is InChI=1S/C18H23F3N2O/c1-3-16-23-15-9-12(8-14(17(15)24-16)18(19,20)21)10-22-13-6-4-5-11(2)7-13/h8-9,11,13,22H,3-7,10H2,1-2H3/t11-,13-/m1/s1. The van der Waals surface area contributed by atoms with E-state index in [-0.39, 0.29) is 11.1 Å². The van der Waals surface area contributed by atoms with Crippen LogP contribution in [0.3, 0.4) is 0 Å². The summed E-state index contributed by atoms with van der Waals surface area (Å²) in [5.41, 5.74) is -0.00473. The van der Waals surface area contributed by atoms with E-state index in [9.17, 15) is 13.2 Å². The Balaban J connectivity index is 1.85. The molecule has 1 aliphatic rings. The lowest BCUT2D eigenvalue weighted by molar-refractivity contribution is -0.136. The van der Waals surface area contributed by atoms with Crippen molar-refractivity contribution in [2.24, 2.45) is 5.92 Å². The van der Waals surface area contributed by atoms with E-state index in [1.54, 1.807) is 6.07 Å². The van der Waals surface area contributed by atoms with Crippen LogP contribution in [0.4, 0.5) is 13.2 Å². The van der Waals surface area contributed by atoms with E-state index in [0.717, 1.165) is 12.8 Å². The zero-order valence-electron chi connectivity index (χ0n) is 14.0. The molecule has 0 radical (unpaired) electrons. The van der Waals surface area contributed by atoms with Gasteiger partial charge in [0, 0.05) is 19.0 Å². The first-order valence-corrected chi connectivity index (χ1v) is 8.59. The molecule has 1 aromatic heterocycles. The third-order valence-electron chi connectivity index (χ3n) is 4.73. The molecule has 0 amide bonds. The Morgan fingerprint density at radius 3 is 2.75 bits per heavy atom. The molecule has 2 atom stereocenters. The van der Waals surface area contributed by atoms with Gasteiger partial charge >= 0.3 is 6.18 Å². The maximum Gasteiger partial charge on any atom is 0.420 e. The molecule has 0 spiro atoms. The molecule has 1 fully saturated rings. The molecule has 3 rings (SSSR count). The summed E-state index contributed by atoms with van der Waals surface area (Å²) in [6.07, 6.45) is 0.606. The molecular weight excluding hydrogens is 317 g/mol. The number of halogens is 3. The highest BCUT2D eigenvalue weighted by Gasteiger charge is 2.35. The van der Waals surface area contributed by atoms with E-state index >= 15 is 0 Å². The Bertz CT molecular complexity index is 708. The monoisotopic (exact) mass is 340 g/mol. The van der Waals surface area contributed by atoms with Gasteiger partial charge in [-0.05, 0) is 36.5 Å². The van der Waals surface area contributed by atoms with Crippen molar-refractivity contribution in [3.63, 3.8) is 0 Å². The second-order valence-electron chi connectivity index (χ2n) is 6.80. The maximum atomic E-state index is 13.3. The second kappa shape index (κ2) is 6.75. The number of fused-ring (bicyclic) bond motifs is 1. The fourth-order valence-corrected chi connectivity index (χ4v) is 3.48. The predicted octanol–water partition coefficient (Wildman–Crippen LogP) is 5.08. The van der Waals surface area contributed by atoms with Crippen LogP contribution >= 0.6 is 0 Å². The van der Waals surface area contributed by atoms with Crippen molar-refractivity contribution in [3.05, 3.63) is 29.2 Å². The SMILES string of the molecule is CCc1nc2cc(CN[C@@H]3CCC[C@@H](C)C3)cc(C(F)(F)F)c2o1. The molecule has 0 bridgehead atoms. The Hall–Kier alpha value is -1.56. The molecular formula is C18H23F3N2O. The zero-order chi connectivity index (χ0) is 17.3. The van der Waals surface area contributed by atoms with Crippen LogP contribution in [0.5, 0.6) is 0 Å². The number of hydrogen-bond donors (Lipinski definition) is 1. The number of hydrogen-bond acceptors (Lipinski definition) is 3. The molecule has 3 nitrogen and oxygen atoms in total. The first kappa shape index (κ1) is 17.3. The van der Waals surface area contributed by atoms with Gasteiger partial charge in [0.1, 0.15) is 11.1 Å². The smallest absolute Gasteiger partial charge is 0.420 e. The van der Waals surface area contributed by atoms with Gasteiger partial charge < -0.3 is 9.73 Å². The third-order valence-corrected chi connectivity index (χ3v) is 4.73. The van der Waals surface area contributed by atoms with Gasteiger partial charge in [0.05, 0.1) is 0 Å². The van der Waals surface area contributed by atoms with Crippen molar-refractivity contribution in [1.29, 1.82) is 0 Å². The number of nitrogens with zero attached hydrogens (tertiary/aromatic N) is 1. The number of alkyl halides is 3. The van der Waals surface area contributed by atoms with E-state index in [4.69, 9.17) is 4.42 Å². The molecule has 0 unspecified atom stereocenters. The first-order valence-electron chi connectivity index (χ1n) is 8.59. The van der Waals surface area contributed by atoms with Crippen LogP contribution in [0.1, 0.15) is 56.5 Å². The van der Waals surface area contributed by atoms with E-state index in [0.29, 0.717) is 36.4 Å². The van der Waals surface area contributed by atoms with Gasteiger partial charge in [-0.1, -0.05) is 26.7 Å². The number of rotatable bonds is 4. The minimum Gasteiger partial charge on any atom is -0.440 e. The number of aromatic nitrogens is 1. The van der Waals surface area contributed by atoms with Crippen molar-refractivity contribution in [3.8, 4) is 0 Å². The predicted molar refractivity (Wildman–Crippen MR) is 86.6 cm³/mol. The quantitative estimate of drug-likeness (QED) is 0.844. The van der Waals surface area contributed by atoms with Crippen molar-refractivity contribution in [1.82, 2.24) is 10.3 Å². The average Bonchev–Trinajstić information content (AvgIpc) is 2.94. The van der Waals surface area contributed by atoms with Crippen molar-refractivity contribution in [2.45, 2.75) is 64.7 Å². The lowest BCUT2D eigenvalue weighted by Crippen LogP contribution is -2.33.